The summed E-state index contributed by atoms with van der Waals surface area (Å²) in [6.45, 7) is 0. The zero-order chi connectivity index (χ0) is 11.0. The molecule has 6 nitrogen and oxygen atoms in total. The molecular formula is C8H4FN3O3. The summed E-state index contributed by atoms with van der Waals surface area (Å²) in [5.74, 6) is -1.74. The summed E-state index contributed by atoms with van der Waals surface area (Å²) in [7, 11) is 0. The van der Waals surface area contributed by atoms with Crippen molar-refractivity contribution >= 4 is 16.6 Å². The van der Waals surface area contributed by atoms with E-state index in [1.165, 1.54) is 6.07 Å². The second-order valence-electron chi connectivity index (χ2n) is 2.75. The Kier molecular flexibility index (Phi) is 1.93. The molecular weight excluding hydrogens is 205 g/mol. The van der Waals surface area contributed by atoms with E-state index in [1.807, 2.05) is 0 Å². The van der Waals surface area contributed by atoms with Crippen molar-refractivity contribution in [2.24, 2.45) is 0 Å². The van der Waals surface area contributed by atoms with Gasteiger partial charge in [0.1, 0.15) is 11.7 Å². The number of nitrogens with zero attached hydrogens (tertiary/aromatic N) is 3. The van der Waals surface area contributed by atoms with E-state index in [2.05, 4.69) is 9.97 Å². The van der Waals surface area contributed by atoms with Crippen LogP contribution < -0.4 is 0 Å². The molecule has 0 aliphatic heterocycles. The molecule has 0 saturated carbocycles. The van der Waals surface area contributed by atoms with E-state index >= 15 is 0 Å². The van der Waals surface area contributed by atoms with Crippen LogP contribution in [0.5, 0.6) is 5.88 Å². The SMILES string of the molecule is O=[N+]([O-])c1ccc2ncnc(O)c2c1F. The average molecular weight is 209 g/mol. The Labute approximate surface area is 82.2 Å². The van der Waals surface area contributed by atoms with E-state index in [0.717, 1.165) is 12.4 Å². The number of aromatic nitrogens is 2. The molecule has 0 atom stereocenters. The lowest BCUT2D eigenvalue weighted by Crippen LogP contribution is -1.95. The van der Waals surface area contributed by atoms with Gasteiger partial charge in [-0.3, -0.25) is 10.1 Å². The van der Waals surface area contributed by atoms with Crippen LogP contribution in [0.3, 0.4) is 0 Å². The van der Waals surface area contributed by atoms with Crippen molar-refractivity contribution in [2.45, 2.75) is 0 Å². The predicted octanol–water partition coefficient (Wildman–Crippen LogP) is 1.38. The number of hydrogen-bond donors (Lipinski definition) is 1. The minimum absolute atomic E-state index is 0.116. The van der Waals surface area contributed by atoms with Crippen LogP contribution in [0, 0.1) is 15.9 Å². The molecule has 0 unspecified atom stereocenters. The fourth-order valence-corrected chi connectivity index (χ4v) is 1.23. The molecule has 2 rings (SSSR count). The maximum atomic E-state index is 13.5. The molecule has 0 radical (unpaired) electrons. The largest absolute Gasteiger partial charge is 0.493 e. The lowest BCUT2D eigenvalue weighted by Gasteiger charge is -2.00. The first kappa shape index (κ1) is 9.25. The van der Waals surface area contributed by atoms with Crippen LogP contribution in [0.25, 0.3) is 10.9 Å². The van der Waals surface area contributed by atoms with Gasteiger partial charge < -0.3 is 5.11 Å². The van der Waals surface area contributed by atoms with E-state index in [4.69, 9.17) is 0 Å². The second-order valence-corrected chi connectivity index (χ2v) is 2.75. The Morgan fingerprint density at radius 3 is 2.80 bits per heavy atom. The van der Waals surface area contributed by atoms with Gasteiger partial charge in [0.05, 0.1) is 10.4 Å². The number of benzene rings is 1. The van der Waals surface area contributed by atoms with Gasteiger partial charge in [-0.2, -0.15) is 4.39 Å². The van der Waals surface area contributed by atoms with Crippen LogP contribution in [0.4, 0.5) is 10.1 Å². The highest BCUT2D eigenvalue weighted by atomic mass is 19.1. The fraction of sp³-hybridized carbons (Fsp3) is 0. The zero-order valence-corrected chi connectivity index (χ0v) is 7.22. The Morgan fingerprint density at radius 2 is 2.13 bits per heavy atom. The van der Waals surface area contributed by atoms with Gasteiger partial charge in [-0.05, 0) is 6.07 Å². The van der Waals surface area contributed by atoms with E-state index in [1.54, 1.807) is 0 Å². The van der Waals surface area contributed by atoms with Crippen LogP contribution >= 0.6 is 0 Å². The van der Waals surface area contributed by atoms with Crippen LogP contribution in [-0.4, -0.2) is 20.0 Å². The standard InChI is InChI=1S/C8H4FN3O3/c9-7-5(12(14)15)2-1-4-6(7)8(13)11-3-10-4/h1-3H,(H,10,11,13). The van der Waals surface area contributed by atoms with Crippen molar-refractivity contribution in [1.29, 1.82) is 0 Å². The molecule has 7 heteroatoms. The highest BCUT2D eigenvalue weighted by Crippen LogP contribution is 2.29. The van der Waals surface area contributed by atoms with Gasteiger partial charge in [-0.25, -0.2) is 9.97 Å². The van der Waals surface area contributed by atoms with Gasteiger partial charge >= 0.3 is 5.69 Å². The lowest BCUT2D eigenvalue weighted by atomic mass is 10.2. The average Bonchev–Trinajstić information content (AvgIpc) is 2.17. The van der Waals surface area contributed by atoms with Crippen molar-refractivity contribution in [2.75, 3.05) is 0 Å². The zero-order valence-electron chi connectivity index (χ0n) is 7.22. The van der Waals surface area contributed by atoms with Crippen molar-refractivity contribution in [3.63, 3.8) is 0 Å². The first-order valence-corrected chi connectivity index (χ1v) is 3.88. The number of halogens is 1. The monoisotopic (exact) mass is 209 g/mol. The predicted molar refractivity (Wildman–Crippen MR) is 47.8 cm³/mol. The van der Waals surface area contributed by atoms with Crippen molar-refractivity contribution in [3.05, 3.63) is 34.4 Å². The first-order chi connectivity index (χ1) is 7.11. The topological polar surface area (TPSA) is 89.2 Å². The molecule has 0 aliphatic rings. The molecule has 0 spiro atoms. The summed E-state index contributed by atoms with van der Waals surface area (Å²) in [5, 5.41) is 19.3. The maximum absolute atomic E-state index is 13.5. The summed E-state index contributed by atoms with van der Waals surface area (Å²) in [6, 6.07) is 2.24. The Hall–Kier alpha value is -2.31. The molecule has 0 saturated heterocycles. The summed E-state index contributed by atoms with van der Waals surface area (Å²) in [5.41, 5.74) is -0.599. The van der Waals surface area contributed by atoms with Gasteiger partial charge in [0, 0.05) is 6.07 Å². The summed E-state index contributed by atoms with van der Waals surface area (Å²) >= 11 is 0. The van der Waals surface area contributed by atoms with Crippen molar-refractivity contribution in [3.8, 4) is 5.88 Å². The lowest BCUT2D eigenvalue weighted by molar-refractivity contribution is -0.387. The number of rotatable bonds is 1. The van der Waals surface area contributed by atoms with Gasteiger partial charge in [0.2, 0.25) is 11.7 Å². The molecule has 2 aromatic rings. The van der Waals surface area contributed by atoms with Gasteiger partial charge in [0.25, 0.3) is 0 Å². The van der Waals surface area contributed by atoms with Gasteiger partial charge in [-0.1, -0.05) is 0 Å². The molecule has 1 aromatic carbocycles. The number of aromatic hydroxyl groups is 1. The number of nitro benzene ring substituents is 1. The van der Waals surface area contributed by atoms with E-state index in [9.17, 15) is 19.6 Å². The molecule has 1 heterocycles. The summed E-state index contributed by atoms with van der Waals surface area (Å²) in [6.07, 6.45) is 1.04. The molecule has 15 heavy (non-hydrogen) atoms. The van der Waals surface area contributed by atoms with Crippen molar-refractivity contribution < 1.29 is 14.4 Å². The molecule has 0 bridgehead atoms. The van der Waals surface area contributed by atoms with Crippen LogP contribution in [-0.2, 0) is 0 Å². The maximum Gasteiger partial charge on any atom is 0.305 e. The third kappa shape index (κ3) is 1.33. The van der Waals surface area contributed by atoms with E-state index in [-0.39, 0.29) is 10.9 Å². The van der Waals surface area contributed by atoms with E-state index < -0.39 is 22.3 Å². The first-order valence-electron chi connectivity index (χ1n) is 3.88. The summed E-state index contributed by atoms with van der Waals surface area (Å²) < 4.78 is 13.5. The molecule has 0 fully saturated rings. The number of fused-ring (bicyclic) bond motifs is 1. The quantitative estimate of drug-likeness (QED) is 0.566. The van der Waals surface area contributed by atoms with Gasteiger partial charge in [-0.15, -0.1) is 0 Å². The minimum Gasteiger partial charge on any atom is -0.493 e. The summed E-state index contributed by atoms with van der Waals surface area (Å²) in [4.78, 5) is 16.6. The van der Waals surface area contributed by atoms with Crippen LogP contribution in [0.2, 0.25) is 0 Å². The Balaban J connectivity index is 2.89. The number of hydrogen-bond acceptors (Lipinski definition) is 5. The third-order valence-electron chi connectivity index (χ3n) is 1.90. The minimum atomic E-state index is -1.13. The van der Waals surface area contributed by atoms with Crippen LogP contribution in [0.15, 0.2) is 18.5 Å². The molecule has 0 aliphatic carbocycles. The molecule has 0 amide bonds. The Bertz CT molecular complexity index is 558. The van der Waals surface area contributed by atoms with Crippen LogP contribution in [0.1, 0.15) is 0 Å². The third-order valence-corrected chi connectivity index (χ3v) is 1.90. The van der Waals surface area contributed by atoms with Gasteiger partial charge in [0.15, 0.2) is 0 Å². The molecule has 1 aromatic heterocycles. The molecule has 76 valence electrons. The highest BCUT2D eigenvalue weighted by Gasteiger charge is 2.19. The number of nitro groups is 1. The normalized spacial score (nSPS) is 10.5. The van der Waals surface area contributed by atoms with Crippen molar-refractivity contribution in [1.82, 2.24) is 9.97 Å². The fourth-order valence-electron chi connectivity index (χ4n) is 1.23. The second kappa shape index (κ2) is 3.12. The highest BCUT2D eigenvalue weighted by molar-refractivity contribution is 5.85. The molecule has 1 N–H and O–H groups in total. The Morgan fingerprint density at radius 1 is 1.40 bits per heavy atom. The van der Waals surface area contributed by atoms with E-state index in [0.29, 0.717) is 0 Å². The smallest absolute Gasteiger partial charge is 0.305 e.